The van der Waals surface area contributed by atoms with Crippen LogP contribution in [0.4, 0.5) is 13.2 Å². The monoisotopic (exact) mass is 461 g/mol. The number of ether oxygens (including phenoxy) is 1. The van der Waals surface area contributed by atoms with Gasteiger partial charge < -0.3 is 9.84 Å². The van der Waals surface area contributed by atoms with Gasteiger partial charge in [0.05, 0.1) is 35.7 Å². The van der Waals surface area contributed by atoms with Crippen LogP contribution < -0.4 is 4.74 Å². The number of nitrogens with zero attached hydrogens (tertiary/aromatic N) is 3. The van der Waals surface area contributed by atoms with Crippen molar-refractivity contribution in [2.24, 2.45) is 0 Å². The van der Waals surface area contributed by atoms with Crippen LogP contribution in [0.2, 0.25) is 0 Å². The minimum absolute atomic E-state index is 0.0459. The third-order valence-electron chi connectivity index (χ3n) is 4.88. The average Bonchev–Trinajstić information content (AvgIpc) is 3.30. The van der Waals surface area contributed by atoms with Gasteiger partial charge in [0.15, 0.2) is 0 Å². The summed E-state index contributed by atoms with van der Waals surface area (Å²) in [5.41, 5.74) is 1.78. The normalized spacial score (nSPS) is 11.8. The van der Waals surface area contributed by atoms with Gasteiger partial charge in [0.2, 0.25) is 0 Å². The fourth-order valence-corrected chi connectivity index (χ4v) is 4.20. The lowest BCUT2D eigenvalue weighted by molar-refractivity contribution is -0.138. The second-order valence-corrected chi connectivity index (χ2v) is 8.07. The molecular formula is C22H18F3N3O3S. The zero-order valence-corrected chi connectivity index (χ0v) is 17.7. The maximum absolute atomic E-state index is 12.7. The SMILES string of the molecule is Cc1nn(-c2ccc(C(F)(F)F)cc2)nc1CCOc1ccc2scc(CC(=O)O)c2c1. The van der Waals surface area contributed by atoms with Crippen molar-refractivity contribution < 1.29 is 27.8 Å². The third-order valence-corrected chi connectivity index (χ3v) is 5.89. The summed E-state index contributed by atoms with van der Waals surface area (Å²) in [4.78, 5) is 12.3. The van der Waals surface area contributed by atoms with Crippen molar-refractivity contribution in [3.8, 4) is 11.4 Å². The molecule has 2 heterocycles. The zero-order valence-electron chi connectivity index (χ0n) is 16.9. The number of benzene rings is 2. The molecule has 0 amide bonds. The second kappa shape index (κ2) is 8.62. The number of aromatic nitrogens is 3. The first-order chi connectivity index (χ1) is 15.2. The Morgan fingerprint density at radius 2 is 1.91 bits per heavy atom. The van der Waals surface area contributed by atoms with Crippen LogP contribution in [0.5, 0.6) is 5.75 Å². The lowest BCUT2D eigenvalue weighted by atomic mass is 10.1. The zero-order chi connectivity index (χ0) is 22.9. The van der Waals surface area contributed by atoms with Crippen LogP contribution in [0.3, 0.4) is 0 Å². The molecule has 32 heavy (non-hydrogen) atoms. The predicted molar refractivity (Wildman–Crippen MR) is 113 cm³/mol. The van der Waals surface area contributed by atoms with Crippen molar-refractivity contribution in [2.45, 2.75) is 25.9 Å². The molecule has 2 aromatic heterocycles. The Hall–Kier alpha value is -3.40. The summed E-state index contributed by atoms with van der Waals surface area (Å²) < 4.78 is 45.0. The number of carbonyl (C=O) groups is 1. The van der Waals surface area contributed by atoms with Crippen molar-refractivity contribution in [2.75, 3.05) is 6.61 Å². The summed E-state index contributed by atoms with van der Waals surface area (Å²) in [7, 11) is 0. The van der Waals surface area contributed by atoms with E-state index in [9.17, 15) is 18.0 Å². The Kier molecular flexibility index (Phi) is 5.88. The van der Waals surface area contributed by atoms with Gasteiger partial charge in [-0.15, -0.1) is 11.3 Å². The van der Waals surface area contributed by atoms with Crippen molar-refractivity contribution in [1.29, 1.82) is 0 Å². The van der Waals surface area contributed by atoms with Gasteiger partial charge in [-0.3, -0.25) is 4.79 Å². The van der Waals surface area contributed by atoms with Crippen LogP contribution >= 0.6 is 11.3 Å². The second-order valence-electron chi connectivity index (χ2n) is 7.15. The molecule has 0 atom stereocenters. The molecule has 10 heteroatoms. The Bertz CT molecular complexity index is 1260. The van der Waals surface area contributed by atoms with Crippen LogP contribution in [-0.4, -0.2) is 32.7 Å². The van der Waals surface area contributed by atoms with Gasteiger partial charge >= 0.3 is 12.1 Å². The molecule has 166 valence electrons. The number of carboxylic acids is 1. The Morgan fingerprint density at radius 3 is 2.59 bits per heavy atom. The lowest BCUT2D eigenvalue weighted by Gasteiger charge is -2.07. The molecule has 0 unspecified atom stereocenters. The molecule has 0 aliphatic rings. The first-order valence-corrected chi connectivity index (χ1v) is 10.5. The van der Waals surface area contributed by atoms with E-state index in [4.69, 9.17) is 9.84 Å². The van der Waals surface area contributed by atoms with Gasteiger partial charge in [-0.25, -0.2) is 0 Å². The van der Waals surface area contributed by atoms with Gasteiger partial charge in [-0.05, 0) is 65.7 Å². The topological polar surface area (TPSA) is 77.2 Å². The molecule has 0 bridgehead atoms. The molecule has 4 rings (SSSR count). The van der Waals surface area contributed by atoms with Crippen molar-refractivity contribution in [1.82, 2.24) is 15.0 Å². The van der Waals surface area contributed by atoms with E-state index in [2.05, 4.69) is 10.2 Å². The standard InChI is InChI=1S/C22H18F3N3O3S/c1-13-19(27-28(26-13)16-4-2-15(3-5-16)22(23,24)25)8-9-31-17-6-7-20-18(11-17)14(12-32-20)10-21(29)30/h2-7,11-12H,8-10H2,1H3,(H,29,30). The van der Waals surface area contributed by atoms with Gasteiger partial charge in [0.25, 0.3) is 0 Å². The van der Waals surface area contributed by atoms with Crippen molar-refractivity contribution >= 4 is 27.4 Å². The van der Waals surface area contributed by atoms with Crippen LogP contribution in [-0.2, 0) is 23.8 Å². The Labute approximate surface area is 184 Å². The summed E-state index contributed by atoms with van der Waals surface area (Å²) in [6.07, 6.45) is -3.99. The number of rotatable bonds is 7. The first-order valence-electron chi connectivity index (χ1n) is 9.66. The highest BCUT2D eigenvalue weighted by Gasteiger charge is 2.30. The van der Waals surface area contributed by atoms with Crippen molar-refractivity contribution in [3.05, 3.63) is 70.4 Å². The van der Waals surface area contributed by atoms with E-state index in [0.29, 0.717) is 35.9 Å². The molecule has 0 saturated carbocycles. The molecule has 0 aliphatic heterocycles. The number of aryl methyl sites for hydroxylation is 1. The first kappa shape index (κ1) is 21.8. The van der Waals surface area contributed by atoms with E-state index in [1.807, 2.05) is 23.6 Å². The highest BCUT2D eigenvalue weighted by atomic mass is 32.1. The average molecular weight is 461 g/mol. The van der Waals surface area contributed by atoms with Gasteiger partial charge in [-0.1, -0.05) is 0 Å². The van der Waals surface area contributed by atoms with Crippen LogP contribution in [0.1, 0.15) is 22.5 Å². The predicted octanol–water partition coefficient (Wildman–Crippen LogP) is 5.06. The maximum atomic E-state index is 12.7. The van der Waals surface area contributed by atoms with E-state index in [1.165, 1.54) is 28.3 Å². The Morgan fingerprint density at radius 1 is 1.16 bits per heavy atom. The van der Waals surface area contributed by atoms with Gasteiger partial charge in [-0.2, -0.15) is 28.2 Å². The van der Waals surface area contributed by atoms with Crippen molar-refractivity contribution in [3.63, 3.8) is 0 Å². The Balaban J connectivity index is 1.42. The largest absolute Gasteiger partial charge is 0.493 e. The molecule has 1 N–H and O–H groups in total. The number of aliphatic carboxylic acids is 1. The summed E-state index contributed by atoms with van der Waals surface area (Å²) >= 11 is 1.49. The molecule has 0 saturated heterocycles. The minimum atomic E-state index is -4.39. The molecule has 6 nitrogen and oxygen atoms in total. The number of thiophene rings is 1. The quantitative estimate of drug-likeness (QED) is 0.416. The lowest BCUT2D eigenvalue weighted by Crippen LogP contribution is -2.06. The molecule has 0 spiro atoms. The molecule has 0 radical (unpaired) electrons. The van der Waals surface area contributed by atoms with E-state index in [0.717, 1.165) is 27.8 Å². The van der Waals surface area contributed by atoms with E-state index in [1.54, 1.807) is 6.92 Å². The van der Waals surface area contributed by atoms with Gasteiger partial charge in [0, 0.05) is 11.1 Å². The number of fused-ring (bicyclic) bond motifs is 1. The minimum Gasteiger partial charge on any atom is -0.493 e. The van der Waals surface area contributed by atoms with Crippen LogP contribution in [0.15, 0.2) is 47.8 Å². The molecule has 4 aromatic rings. The number of halogens is 3. The third kappa shape index (κ3) is 4.75. The van der Waals surface area contributed by atoms with Crippen LogP contribution in [0, 0.1) is 6.92 Å². The molecule has 0 fully saturated rings. The molecular weight excluding hydrogens is 443 g/mol. The molecule has 2 aromatic carbocycles. The number of carboxylic acid groups (broad SMARTS) is 1. The molecule has 0 aliphatic carbocycles. The van der Waals surface area contributed by atoms with E-state index in [-0.39, 0.29) is 6.42 Å². The smallest absolute Gasteiger partial charge is 0.416 e. The number of alkyl halides is 3. The summed E-state index contributed by atoms with van der Waals surface area (Å²) in [5, 5.41) is 20.4. The number of hydrogen-bond donors (Lipinski definition) is 1. The maximum Gasteiger partial charge on any atom is 0.416 e. The summed E-state index contributed by atoms with van der Waals surface area (Å²) in [6.45, 7) is 2.09. The van der Waals surface area contributed by atoms with Gasteiger partial charge in [0.1, 0.15) is 5.75 Å². The highest BCUT2D eigenvalue weighted by molar-refractivity contribution is 7.17. The van der Waals surface area contributed by atoms with E-state index >= 15 is 0 Å². The highest BCUT2D eigenvalue weighted by Crippen LogP contribution is 2.31. The number of hydrogen-bond acceptors (Lipinski definition) is 5. The summed E-state index contributed by atoms with van der Waals surface area (Å²) in [5.74, 6) is -0.266. The fraction of sp³-hybridized carbons (Fsp3) is 0.227. The fourth-order valence-electron chi connectivity index (χ4n) is 3.26. The van der Waals surface area contributed by atoms with Crippen LogP contribution in [0.25, 0.3) is 15.8 Å². The van der Waals surface area contributed by atoms with E-state index < -0.39 is 17.7 Å². The summed E-state index contributed by atoms with van der Waals surface area (Å²) in [6, 6.07) is 10.2.